The molecule has 0 spiro atoms. The van der Waals surface area contributed by atoms with Crippen molar-refractivity contribution in [2.45, 2.75) is 57.4 Å². The second-order valence-electron chi connectivity index (χ2n) is 5.82. The summed E-state index contributed by atoms with van der Waals surface area (Å²) < 4.78 is 10.6. The highest BCUT2D eigenvalue weighted by atomic mass is 16.5. The van der Waals surface area contributed by atoms with Crippen LogP contribution in [0.25, 0.3) is 0 Å². The number of hydrogen-bond acceptors (Lipinski definition) is 5. The Kier molecular flexibility index (Phi) is 5.19. The molecule has 3 atom stereocenters. The third-order valence-electron chi connectivity index (χ3n) is 3.73. The van der Waals surface area contributed by atoms with Crippen LogP contribution in [0.1, 0.15) is 33.1 Å². The number of morpholine rings is 1. The Hall–Kier alpha value is -0.650. The molecule has 1 aliphatic carbocycles. The third kappa shape index (κ3) is 4.75. The van der Waals surface area contributed by atoms with Crippen LogP contribution in [0.2, 0.25) is 0 Å². The Morgan fingerprint density at radius 3 is 2.53 bits per heavy atom. The lowest BCUT2D eigenvalue weighted by Crippen LogP contribution is -2.48. The van der Waals surface area contributed by atoms with Crippen LogP contribution in [0.3, 0.4) is 0 Å². The normalized spacial score (nSPS) is 30.1. The lowest BCUT2D eigenvalue weighted by atomic mass is 10.1. The van der Waals surface area contributed by atoms with Crippen molar-refractivity contribution in [2.24, 2.45) is 0 Å². The predicted octanol–water partition coefficient (Wildman–Crippen LogP) is 0.779. The van der Waals surface area contributed by atoms with Gasteiger partial charge >= 0.3 is 5.97 Å². The summed E-state index contributed by atoms with van der Waals surface area (Å²) in [7, 11) is 1.46. The van der Waals surface area contributed by atoms with Gasteiger partial charge in [-0.15, -0.1) is 0 Å². The zero-order valence-corrected chi connectivity index (χ0v) is 12.2. The largest absolute Gasteiger partial charge is 0.468 e. The van der Waals surface area contributed by atoms with Crippen molar-refractivity contribution in [3.8, 4) is 0 Å². The molecule has 1 heterocycles. The number of carbonyl (C=O) groups excluding carboxylic acids is 1. The number of nitrogens with zero attached hydrogens (tertiary/aromatic N) is 1. The molecule has 1 N–H and O–H groups in total. The van der Waals surface area contributed by atoms with E-state index in [4.69, 9.17) is 9.47 Å². The smallest absolute Gasteiger partial charge is 0.322 e. The molecule has 0 radical (unpaired) electrons. The molecule has 1 saturated carbocycles. The number of rotatable bonds is 6. The molecule has 5 nitrogen and oxygen atoms in total. The van der Waals surface area contributed by atoms with Gasteiger partial charge in [-0.25, -0.2) is 0 Å². The molecular formula is C14H26N2O3. The Labute approximate surface area is 115 Å². The molecule has 1 aliphatic heterocycles. The second kappa shape index (κ2) is 6.68. The molecule has 2 fully saturated rings. The topological polar surface area (TPSA) is 50.8 Å². The van der Waals surface area contributed by atoms with Crippen LogP contribution in [0.4, 0.5) is 0 Å². The van der Waals surface area contributed by atoms with E-state index in [0.29, 0.717) is 6.04 Å². The fourth-order valence-corrected chi connectivity index (χ4v) is 2.72. The average Bonchev–Trinajstić information content (AvgIpc) is 3.16. The van der Waals surface area contributed by atoms with Gasteiger partial charge in [0.1, 0.15) is 6.04 Å². The molecular weight excluding hydrogens is 244 g/mol. The first kappa shape index (κ1) is 14.8. The first-order valence-electron chi connectivity index (χ1n) is 7.30. The standard InChI is InChI=1S/C14H26N2O3/c1-10-8-16(9-11(2)19-10)7-6-13(14(17)18-3)15-12-4-5-12/h10-13,15H,4-9H2,1-3H3/t10-,11+,13?. The zero-order valence-electron chi connectivity index (χ0n) is 12.2. The number of ether oxygens (including phenoxy) is 2. The van der Waals surface area contributed by atoms with Crippen molar-refractivity contribution in [3.05, 3.63) is 0 Å². The first-order chi connectivity index (χ1) is 9.08. The van der Waals surface area contributed by atoms with Gasteiger partial charge in [-0.3, -0.25) is 9.69 Å². The van der Waals surface area contributed by atoms with Crippen LogP contribution >= 0.6 is 0 Å². The van der Waals surface area contributed by atoms with E-state index < -0.39 is 0 Å². The van der Waals surface area contributed by atoms with Crippen molar-refractivity contribution in [3.63, 3.8) is 0 Å². The highest BCUT2D eigenvalue weighted by Gasteiger charge is 2.30. The molecule has 0 amide bonds. The van der Waals surface area contributed by atoms with E-state index in [1.54, 1.807) is 0 Å². The average molecular weight is 270 g/mol. The molecule has 110 valence electrons. The predicted molar refractivity (Wildman–Crippen MR) is 73.0 cm³/mol. The van der Waals surface area contributed by atoms with E-state index in [9.17, 15) is 4.79 Å². The van der Waals surface area contributed by atoms with Gasteiger partial charge in [0.2, 0.25) is 0 Å². The number of carbonyl (C=O) groups is 1. The van der Waals surface area contributed by atoms with Gasteiger partial charge in [0, 0.05) is 25.7 Å². The van der Waals surface area contributed by atoms with Crippen molar-refractivity contribution >= 4 is 5.97 Å². The monoisotopic (exact) mass is 270 g/mol. The molecule has 2 rings (SSSR count). The Bertz CT molecular complexity index is 297. The van der Waals surface area contributed by atoms with E-state index >= 15 is 0 Å². The summed E-state index contributed by atoms with van der Waals surface area (Å²) in [5.41, 5.74) is 0. The van der Waals surface area contributed by atoms with Gasteiger partial charge in [0.25, 0.3) is 0 Å². The number of hydrogen-bond donors (Lipinski definition) is 1. The van der Waals surface area contributed by atoms with Gasteiger partial charge in [-0.2, -0.15) is 0 Å². The maximum Gasteiger partial charge on any atom is 0.322 e. The number of nitrogens with one attached hydrogen (secondary N) is 1. The first-order valence-corrected chi connectivity index (χ1v) is 7.30. The molecule has 2 aliphatic rings. The number of methoxy groups -OCH3 is 1. The summed E-state index contributed by atoms with van der Waals surface area (Å²) in [6.45, 7) is 7.01. The van der Waals surface area contributed by atoms with Gasteiger partial charge in [-0.05, 0) is 33.1 Å². The molecule has 1 saturated heterocycles. The van der Waals surface area contributed by atoms with Gasteiger partial charge in [0.15, 0.2) is 0 Å². The molecule has 0 aromatic rings. The fourth-order valence-electron chi connectivity index (χ4n) is 2.72. The van der Waals surface area contributed by atoms with Crippen molar-refractivity contribution in [1.82, 2.24) is 10.2 Å². The minimum atomic E-state index is -0.161. The van der Waals surface area contributed by atoms with Crippen LogP contribution in [0, 0.1) is 0 Å². The summed E-state index contributed by atoms with van der Waals surface area (Å²) in [4.78, 5) is 14.1. The quantitative estimate of drug-likeness (QED) is 0.723. The molecule has 5 heteroatoms. The van der Waals surface area contributed by atoms with E-state index in [2.05, 4.69) is 24.1 Å². The van der Waals surface area contributed by atoms with Crippen molar-refractivity contribution < 1.29 is 14.3 Å². The van der Waals surface area contributed by atoms with Gasteiger partial charge < -0.3 is 14.8 Å². The summed E-state index contributed by atoms with van der Waals surface area (Å²) in [5.74, 6) is -0.138. The van der Waals surface area contributed by atoms with E-state index in [1.165, 1.54) is 20.0 Å². The fraction of sp³-hybridized carbons (Fsp3) is 0.929. The summed E-state index contributed by atoms with van der Waals surface area (Å²) in [5, 5.41) is 3.37. The van der Waals surface area contributed by atoms with E-state index in [0.717, 1.165) is 26.1 Å². The second-order valence-corrected chi connectivity index (χ2v) is 5.82. The van der Waals surface area contributed by atoms with Gasteiger partial charge in [-0.1, -0.05) is 0 Å². The summed E-state index contributed by atoms with van der Waals surface area (Å²) in [6, 6.07) is 0.359. The maximum atomic E-state index is 11.7. The van der Waals surface area contributed by atoms with E-state index in [1.807, 2.05) is 0 Å². The molecule has 0 bridgehead atoms. The molecule has 0 aromatic carbocycles. The van der Waals surface area contributed by atoms with Crippen LogP contribution in [0.15, 0.2) is 0 Å². The lowest BCUT2D eigenvalue weighted by molar-refractivity contribution is -0.143. The van der Waals surface area contributed by atoms with Crippen molar-refractivity contribution in [1.29, 1.82) is 0 Å². The van der Waals surface area contributed by atoms with Crippen LogP contribution < -0.4 is 5.32 Å². The van der Waals surface area contributed by atoms with Gasteiger partial charge in [0.05, 0.1) is 19.3 Å². The maximum absolute atomic E-state index is 11.7. The Balaban J connectivity index is 1.78. The summed E-state index contributed by atoms with van der Waals surface area (Å²) >= 11 is 0. The van der Waals surface area contributed by atoms with Crippen LogP contribution in [-0.4, -0.2) is 61.9 Å². The molecule has 0 aromatic heterocycles. The Morgan fingerprint density at radius 1 is 1.37 bits per heavy atom. The zero-order chi connectivity index (χ0) is 13.8. The highest BCUT2D eigenvalue weighted by Crippen LogP contribution is 2.20. The van der Waals surface area contributed by atoms with Crippen molar-refractivity contribution in [2.75, 3.05) is 26.7 Å². The van der Waals surface area contributed by atoms with E-state index in [-0.39, 0.29) is 24.2 Å². The third-order valence-corrected chi connectivity index (χ3v) is 3.73. The molecule has 1 unspecified atom stereocenters. The highest BCUT2D eigenvalue weighted by molar-refractivity contribution is 5.75. The Morgan fingerprint density at radius 2 is 2.00 bits per heavy atom. The number of esters is 1. The minimum Gasteiger partial charge on any atom is -0.468 e. The minimum absolute atomic E-state index is 0.138. The lowest BCUT2D eigenvalue weighted by Gasteiger charge is -2.35. The van der Waals surface area contributed by atoms with Crippen LogP contribution in [-0.2, 0) is 14.3 Å². The SMILES string of the molecule is COC(=O)C(CCN1C[C@@H](C)O[C@@H](C)C1)NC1CC1. The van der Waals surface area contributed by atoms with Crippen LogP contribution in [0.5, 0.6) is 0 Å². The molecule has 19 heavy (non-hydrogen) atoms. The summed E-state index contributed by atoms with van der Waals surface area (Å²) in [6.07, 6.45) is 3.72.